The molecule has 0 bridgehead atoms. The molecule has 0 aliphatic carbocycles. The second-order valence-electron chi connectivity index (χ2n) is 4.04. The van der Waals surface area contributed by atoms with Crippen molar-refractivity contribution in [1.29, 1.82) is 0 Å². The molecule has 0 aromatic heterocycles. The molecule has 2 N–H and O–H groups in total. The monoisotopic (exact) mass is 262 g/mol. The van der Waals surface area contributed by atoms with E-state index in [9.17, 15) is 22.4 Å². The first kappa shape index (κ1) is 12.7. The van der Waals surface area contributed by atoms with Gasteiger partial charge in [-0.1, -0.05) is 0 Å². The summed E-state index contributed by atoms with van der Waals surface area (Å²) in [6, 6.07) is 0. The molecule has 3 nitrogen and oxygen atoms in total. The number of benzene rings is 1. The van der Waals surface area contributed by atoms with E-state index in [1.165, 1.54) is 4.90 Å². The first-order valence-corrected chi connectivity index (χ1v) is 5.35. The van der Waals surface area contributed by atoms with Crippen molar-refractivity contribution in [2.75, 3.05) is 18.0 Å². The first-order chi connectivity index (χ1) is 8.45. The van der Waals surface area contributed by atoms with E-state index in [-0.39, 0.29) is 0 Å². The number of anilines is 1. The van der Waals surface area contributed by atoms with Gasteiger partial charge in [0.05, 0.1) is 0 Å². The molecule has 0 spiro atoms. The molecule has 1 saturated heterocycles. The predicted molar refractivity (Wildman–Crippen MR) is 56.2 cm³/mol. The summed E-state index contributed by atoms with van der Waals surface area (Å²) in [7, 11) is 0. The van der Waals surface area contributed by atoms with Gasteiger partial charge in [-0.3, -0.25) is 4.79 Å². The van der Waals surface area contributed by atoms with Crippen LogP contribution in [-0.4, -0.2) is 19.0 Å². The van der Waals surface area contributed by atoms with Crippen LogP contribution < -0.4 is 10.6 Å². The van der Waals surface area contributed by atoms with Gasteiger partial charge in [-0.15, -0.1) is 0 Å². The van der Waals surface area contributed by atoms with E-state index in [2.05, 4.69) is 0 Å². The van der Waals surface area contributed by atoms with Crippen molar-refractivity contribution in [2.45, 2.75) is 12.8 Å². The Morgan fingerprint density at radius 1 is 0.944 bits per heavy atom. The largest absolute Gasteiger partial charge is 0.367 e. The Kier molecular flexibility index (Phi) is 3.14. The number of carbonyl (C=O) groups excluding carboxylic acids is 1. The van der Waals surface area contributed by atoms with Crippen LogP contribution in [0.15, 0.2) is 0 Å². The van der Waals surface area contributed by atoms with Gasteiger partial charge in [0, 0.05) is 13.1 Å². The van der Waals surface area contributed by atoms with E-state index in [4.69, 9.17) is 5.73 Å². The van der Waals surface area contributed by atoms with E-state index in [0.29, 0.717) is 25.9 Å². The minimum atomic E-state index is -1.75. The van der Waals surface area contributed by atoms with Gasteiger partial charge >= 0.3 is 0 Å². The van der Waals surface area contributed by atoms with Crippen LogP contribution >= 0.6 is 0 Å². The van der Waals surface area contributed by atoms with Crippen molar-refractivity contribution < 1.29 is 22.4 Å². The Bertz CT molecular complexity index is 483. The van der Waals surface area contributed by atoms with Crippen molar-refractivity contribution in [2.24, 2.45) is 5.73 Å². The van der Waals surface area contributed by atoms with Crippen LogP contribution in [0.25, 0.3) is 0 Å². The Labute approximate surface area is 100 Å². The summed E-state index contributed by atoms with van der Waals surface area (Å²) >= 11 is 0. The van der Waals surface area contributed by atoms with Crippen LogP contribution in [0.5, 0.6) is 0 Å². The number of halogens is 4. The summed E-state index contributed by atoms with van der Waals surface area (Å²) in [4.78, 5) is 12.0. The van der Waals surface area contributed by atoms with Crippen LogP contribution in [0, 0.1) is 23.3 Å². The Morgan fingerprint density at radius 2 is 1.39 bits per heavy atom. The predicted octanol–water partition coefficient (Wildman–Crippen LogP) is 1.94. The SMILES string of the molecule is NC(=O)c1c(F)c(F)c(N2CCCC2)c(F)c1F. The standard InChI is InChI=1S/C11H10F4N2O/c12-6-5(11(16)18)7(13)9(15)10(8(6)14)17-3-1-2-4-17/h1-4H2,(H2,16,18). The molecule has 1 aromatic carbocycles. The van der Waals surface area contributed by atoms with Gasteiger partial charge < -0.3 is 10.6 Å². The van der Waals surface area contributed by atoms with Gasteiger partial charge in [0.1, 0.15) is 11.3 Å². The number of primary amides is 1. The Morgan fingerprint density at radius 3 is 1.78 bits per heavy atom. The van der Waals surface area contributed by atoms with E-state index < -0.39 is 40.4 Å². The Balaban J connectivity index is 2.65. The molecule has 7 heteroatoms. The molecule has 0 atom stereocenters. The van der Waals surface area contributed by atoms with E-state index >= 15 is 0 Å². The number of rotatable bonds is 2. The van der Waals surface area contributed by atoms with Crippen LogP contribution in [0.1, 0.15) is 23.2 Å². The first-order valence-electron chi connectivity index (χ1n) is 5.35. The van der Waals surface area contributed by atoms with Gasteiger partial charge in [0.15, 0.2) is 23.3 Å². The lowest BCUT2D eigenvalue weighted by Crippen LogP contribution is -2.25. The summed E-state index contributed by atoms with van der Waals surface area (Å²) in [5.41, 5.74) is 2.54. The number of hydrogen-bond donors (Lipinski definition) is 1. The van der Waals surface area contributed by atoms with E-state index in [1.807, 2.05) is 0 Å². The zero-order valence-electron chi connectivity index (χ0n) is 9.27. The van der Waals surface area contributed by atoms with Gasteiger partial charge in [0.25, 0.3) is 5.91 Å². The van der Waals surface area contributed by atoms with E-state index in [1.54, 1.807) is 0 Å². The van der Waals surface area contributed by atoms with Crippen molar-refractivity contribution in [1.82, 2.24) is 0 Å². The molecule has 1 aromatic rings. The topological polar surface area (TPSA) is 46.3 Å². The van der Waals surface area contributed by atoms with Gasteiger partial charge in [-0.05, 0) is 12.8 Å². The highest BCUT2D eigenvalue weighted by atomic mass is 19.2. The maximum absolute atomic E-state index is 13.7. The second-order valence-corrected chi connectivity index (χ2v) is 4.04. The van der Waals surface area contributed by atoms with Crippen LogP contribution in [0.2, 0.25) is 0 Å². The normalized spacial score (nSPS) is 15.2. The number of carbonyl (C=O) groups is 1. The second kappa shape index (κ2) is 4.47. The number of nitrogens with two attached hydrogens (primary N) is 1. The summed E-state index contributed by atoms with van der Waals surface area (Å²) in [5.74, 6) is -8.20. The number of amides is 1. The zero-order valence-corrected chi connectivity index (χ0v) is 9.27. The molecule has 1 fully saturated rings. The quantitative estimate of drug-likeness (QED) is 0.654. The molecule has 18 heavy (non-hydrogen) atoms. The fourth-order valence-corrected chi connectivity index (χ4v) is 2.05. The third kappa shape index (κ3) is 1.79. The molecule has 0 saturated carbocycles. The van der Waals surface area contributed by atoms with Crippen LogP contribution in [-0.2, 0) is 0 Å². The molecule has 1 aliphatic heterocycles. The lowest BCUT2D eigenvalue weighted by molar-refractivity contribution is 0.0990. The highest BCUT2D eigenvalue weighted by molar-refractivity contribution is 5.94. The highest BCUT2D eigenvalue weighted by Crippen LogP contribution is 2.32. The minimum Gasteiger partial charge on any atom is -0.367 e. The third-order valence-corrected chi connectivity index (χ3v) is 2.91. The fourth-order valence-electron chi connectivity index (χ4n) is 2.05. The van der Waals surface area contributed by atoms with Crippen LogP contribution in [0.3, 0.4) is 0 Å². The molecule has 1 aliphatic rings. The molecule has 98 valence electrons. The molecule has 1 heterocycles. The molecule has 1 amide bonds. The average molecular weight is 262 g/mol. The minimum absolute atomic E-state index is 0.308. The summed E-state index contributed by atoms with van der Waals surface area (Å²) in [6.45, 7) is 0.616. The highest BCUT2D eigenvalue weighted by Gasteiger charge is 2.31. The lowest BCUT2D eigenvalue weighted by atomic mass is 10.1. The molecular formula is C11H10F4N2O. The molecule has 0 unspecified atom stereocenters. The third-order valence-electron chi connectivity index (χ3n) is 2.91. The maximum atomic E-state index is 13.7. The lowest BCUT2D eigenvalue weighted by Gasteiger charge is -2.20. The van der Waals surface area contributed by atoms with Crippen molar-refractivity contribution in [3.05, 3.63) is 28.8 Å². The molecule has 0 radical (unpaired) electrons. The van der Waals surface area contributed by atoms with Crippen molar-refractivity contribution in [3.8, 4) is 0 Å². The average Bonchev–Trinajstić information content (AvgIpc) is 2.80. The smallest absolute Gasteiger partial charge is 0.254 e. The van der Waals surface area contributed by atoms with Gasteiger partial charge in [-0.25, -0.2) is 17.6 Å². The van der Waals surface area contributed by atoms with Gasteiger partial charge in [-0.2, -0.15) is 0 Å². The molecule has 2 rings (SSSR count). The van der Waals surface area contributed by atoms with Crippen LogP contribution in [0.4, 0.5) is 23.2 Å². The van der Waals surface area contributed by atoms with E-state index in [0.717, 1.165) is 0 Å². The Hall–Kier alpha value is -1.79. The molecular weight excluding hydrogens is 252 g/mol. The zero-order chi connectivity index (χ0) is 13.4. The number of hydrogen-bond acceptors (Lipinski definition) is 2. The number of nitrogens with zero attached hydrogens (tertiary/aromatic N) is 1. The van der Waals surface area contributed by atoms with Crippen molar-refractivity contribution in [3.63, 3.8) is 0 Å². The maximum Gasteiger partial charge on any atom is 0.254 e. The van der Waals surface area contributed by atoms with Crippen molar-refractivity contribution >= 4 is 11.6 Å². The summed E-state index contributed by atoms with van der Waals surface area (Å²) in [5, 5.41) is 0. The fraction of sp³-hybridized carbons (Fsp3) is 0.364. The summed E-state index contributed by atoms with van der Waals surface area (Å²) in [6.07, 6.45) is 1.36. The van der Waals surface area contributed by atoms with Gasteiger partial charge in [0.2, 0.25) is 0 Å². The summed E-state index contributed by atoms with van der Waals surface area (Å²) < 4.78 is 54.4.